The van der Waals surface area contributed by atoms with E-state index < -0.39 is 0 Å². The van der Waals surface area contributed by atoms with Gasteiger partial charge in [0.25, 0.3) is 5.91 Å². The highest BCUT2D eigenvalue weighted by Gasteiger charge is 2.16. The van der Waals surface area contributed by atoms with Crippen LogP contribution in [0.2, 0.25) is 0 Å². The number of nitrogens with one attached hydrogen (secondary N) is 2. The van der Waals surface area contributed by atoms with Crippen molar-refractivity contribution in [2.45, 2.75) is 50.9 Å². The Morgan fingerprint density at radius 2 is 1.69 bits per heavy atom. The molecule has 1 heterocycles. The zero-order valence-corrected chi connectivity index (χ0v) is 21.1. The summed E-state index contributed by atoms with van der Waals surface area (Å²) in [4.78, 5) is 30.0. The molecule has 4 rings (SSSR count). The number of anilines is 1. The zero-order chi connectivity index (χ0) is 24.5. The lowest BCUT2D eigenvalue weighted by atomic mass is 9.84. The van der Waals surface area contributed by atoms with Crippen LogP contribution in [0.25, 0.3) is 0 Å². The van der Waals surface area contributed by atoms with E-state index in [2.05, 4.69) is 39.6 Å². The minimum atomic E-state index is -0.0797. The molecule has 2 aliphatic rings. The molecule has 6 nitrogen and oxygen atoms in total. The molecule has 2 aromatic rings. The molecular weight excluding hydrogens is 436 g/mol. The normalized spacial score (nSPS) is 17.7. The quantitative estimate of drug-likeness (QED) is 0.530. The number of benzene rings is 2. The van der Waals surface area contributed by atoms with E-state index in [1.807, 2.05) is 30.3 Å². The Labute approximate surface area is 210 Å². The molecule has 0 atom stereocenters. The summed E-state index contributed by atoms with van der Waals surface area (Å²) >= 11 is 0. The van der Waals surface area contributed by atoms with Crippen LogP contribution >= 0.6 is 0 Å². The van der Waals surface area contributed by atoms with Gasteiger partial charge in [-0.1, -0.05) is 43.5 Å². The molecule has 0 bridgehead atoms. The van der Waals surface area contributed by atoms with Crippen molar-refractivity contribution in [1.29, 1.82) is 0 Å². The lowest BCUT2D eigenvalue weighted by Crippen LogP contribution is -2.45. The van der Waals surface area contributed by atoms with E-state index in [4.69, 9.17) is 0 Å². The van der Waals surface area contributed by atoms with E-state index in [1.165, 1.54) is 37.7 Å². The number of carbonyl (C=O) groups excluding carboxylic acids is 2. The van der Waals surface area contributed by atoms with Crippen LogP contribution in [0.15, 0.2) is 48.5 Å². The minimum Gasteiger partial charge on any atom is -0.352 e. The topological polar surface area (TPSA) is 64.7 Å². The number of likely N-dealkylation sites (N-methyl/N-ethyl adjacent to an activating group) is 1. The first kappa shape index (κ1) is 25.4. The fourth-order valence-corrected chi connectivity index (χ4v) is 5.17. The van der Waals surface area contributed by atoms with Crippen molar-refractivity contribution in [3.05, 3.63) is 65.2 Å². The van der Waals surface area contributed by atoms with Crippen molar-refractivity contribution < 1.29 is 9.59 Å². The van der Waals surface area contributed by atoms with E-state index in [-0.39, 0.29) is 18.2 Å². The van der Waals surface area contributed by atoms with Gasteiger partial charge < -0.3 is 20.4 Å². The Balaban J connectivity index is 1.20. The Morgan fingerprint density at radius 3 is 2.43 bits per heavy atom. The second-order valence-electron chi connectivity index (χ2n) is 10.1. The highest BCUT2D eigenvalue weighted by molar-refractivity contribution is 5.95. The van der Waals surface area contributed by atoms with Gasteiger partial charge in [-0.05, 0) is 74.2 Å². The molecule has 0 aromatic heterocycles. The molecule has 2 amide bonds. The maximum atomic E-state index is 12.6. The Hall–Kier alpha value is -2.70. The van der Waals surface area contributed by atoms with Gasteiger partial charge in [0.05, 0.1) is 6.42 Å². The molecule has 6 heteroatoms. The van der Waals surface area contributed by atoms with Gasteiger partial charge in [0.15, 0.2) is 0 Å². The zero-order valence-electron chi connectivity index (χ0n) is 21.1. The van der Waals surface area contributed by atoms with Gasteiger partial charge in [0, 0.05) is 44.0 Å². The SMILES string of the molecule is CN1CCN(CCCNC(=O)c2cccc(CC(=O)Nc3ccc(C4CCCCC4)cc3)c2)CC1. The Kier molecular flexibility index (Phi) is 9.32. The monoisotopic (exact) mass is 476 g/mol. The number of nitrogens with zero attached hydrogens (tertiary/aromatic N) is 2. The maximum Gasteiger partial charge on any atom is 0.251 e. The number of amides is 2. The first-order chi connectivity index (χ1) is 17.1. The molecule has 1 aliphatic heterocycles. The average Bonchev–Trinajstić information content (AvgIpc) is 2.88. The van der Waals surface area contributed by atoms with E-state index in [0.717, 1.165) is 50.4 Å². The predicted molar refractivity (Wildman–Crippen MR) is 142 cm³/mol. The highest BCUT2D eigenvalue weighted by atomic mass is 16.2. The molecule has 0 radical (unpaired) electrons. The van der Waals surface area contributed by atoms with Crippen molar-refractivity contribution in [3.63, 3.8) is 0 Å². The third-order valence-electron chi connectivity index (χ3n) is 7.36. The van der Waals surface area contributed by atoms with E-state index >= 15 is 0 Å². The second-order valence-corrected chi connectivity index (χ2v) is 10.1. The van der Waals surface area contributed by atoms with E-state index in [9.17, 15) is 9.59 Å². The summed E-state index contributed by atoms with van der Waals surface area (Å²) in [6.07, 6.45) is 7.71. The van der Waals surface area contributed by atoms with Gasteiger partial charge in [-0.15, -0.1) is 0 Å². The molecular formula is C29H40N4O2. The van der Waals surface area contributed by atoms with Crippen LogP contribution in [-0.4, -0.2) is 67.9 Å². The van der Waals surface area contributed by atoms with Crippen LogP contribution in [0, 0.1) is 0 Å². The Morgan fingerprint density at radius 1 is 0.943 bits per heavy atom. The van der Waals surface area contributed by atoms with Gasteiger partial charge >= 0.3 is 0 Å². The molecule has 1 saturated heterocycles. The third-order valence-corrected chi connectivity index (χ3v) is 7.36. The van der Waals surface area contributed by atoms with Crippen LogP contribution in [0.5, 0.6) is 0 Å². The van der Waals surface area contributed by atoms with E-state index in [0.29, 0.717) is 18.0 Å². The summed E-state index contributed by atoms with van der Waals surface area (Å²) in [5, 5.41) is 6.02. The minimum absolute atomic E-state index is 0.0693. The molecule has 188 valence electrons. The second kappa shape index (κ2) is 12.8. The largest absolute Gasteiger partial charge is 0.352 e. The van der Waals surface area contributed by atoms with Crippen LogP contribution in [0.3, 0.4) is 0 Å². The lowest BCUT2D eigenvalue weighted by molar-refractivity contribution is -0.115. The van der Waals surface area contributed by atoms with Crippen molar-refractivity contribution in [1.82, 2.24) is 15.1 Å². The number of carbonyl (C=O) groups is 2. The van der Waals surface area contributed by atoms with Gasteiger partial charge in [0.2, 0.25) is 5.91 Å². The molecule has 2 aromatic carbocycles. The summed E-state index contributed by atoms with van der Waals surface area (Å²) in [6.45, 7) is 6.08. The van der Waals surface area contributed by atoms with Gasteiger partial charge in [-0.25, -0.2) is 0 Å². The summed E-state index contributed by atoms with van der Waals surface area (Å²) in [6, 6.07) is 15.7. The summed E-state index contributed by atoms with van der Waals surface area (Å²) < 4.78 is 0. The molecule has 0 spiro atoms. The lowest BCUT2D eigenvalue weighted by Gasteiger charge is -2.32. The fraction of sp³-hybridized carbons (Fsp3) is 0.517. The van der Waals surface area contributed by atoms with Crippen LogP contribution in [-0.2, 0) is 11.2 Å². The first-order valence-corrected chi connectivity index (χ1v) is 13.2. The van der Waals surface area contributed by atoms with Crippen molar-refractivity contribution in [2.75, 3.05) is 51.6 Å². The smallest absolute Gasteiger partial charge is 0.251 e. The van der Waals surface area contributed by atoms with Crippen LogP contribution in [0.4, 0.5) is 5.69 Å². The summed E-state index contributed by atoms with van der Waals surface area (Å²) in [7, 11) is 2.16. The van der Waals surface area contributed by atoms with Crippen molar-refractivity contribution in [3.8, 4) is 0 Å². The highest BCUT2D eigenvalue weighted by Crippen LogP contribution is 2.33. The molecule has 1 aliphatic carbocycles. The van der Waals surface area contributed by atoms with E-state index in [1.54, 1.807) is 6.07 Å². The van der Waals surface area contributed by atoms with Crippen molar-refractivity contribution in [2.24, 2.45) is 0 Å². The number of piperazine rings is 1. The average molecular weight is 477 g/mol. The molecule has 1 saturated carbocycles. The standard InChI is InChI=1S/C29H40N4O2/c1-32-17-19-33(20-18-32)16-6-15-30-29(35)26-10-5-7-23(21-26)22-28(34)31-27-13-11-25(12-14-27)24-8-3-2-4-9-24/h5,7,10-14,21,24H,2-4,6,8-9,15-20,22H2,1H3,(H,30,35)(H,31,34). The molecule has 0 unspecified atom stereocenters. The van der Waals surface area contributed by atoms with Crippen molar-refractivity contribution >= 4 is 17.5 Å². The number of hydrogen-bond acceptors (Lipinski definition) is 4. The molecule has 2 N–H and O–H groups in total. The molecule has 2 fully saturated rings. The predicted octanol–water partition coefficient (Wildman–Crippen LogP) is 4.28. The summed E-state index contributed by atoms with van der Waals surface area (Å²) in [5.74, 6) is 0.512. The van der Waals surface area contributed by atoms with Gasteiger partial charge in [-0.2, -0.15) is 0 Å². The maximum absolute atomic E-state index is 12.6. The number of hydrogen-bond donors (Lipinski definition) is 2. The Bertz CT molecular complexity index is 961. The molecule has 35 heavy (non-hydrogen) atoms. The van der Waals surface area contributed by atoms with Gasteiger partial charge in [-0.3, -0.25) is 9.59 Å². The van der Waals surface area contributed by atoms with Gasteiger partial charge in [0.1, 0.15) is 0 Å². The van der Waals surface area contributed by atoms with Crippen LogP contribution < -0.4 is 10.6 Å². The third kappa shape index (κ3) is 7.91. The first-order valence-electron chi connectivity index (χ1n) is 13.2. The van der Waals surface area contributed by atoms with Crippen LogP contribution in [0.1, 0.15) is 65.9 Å². The fourth-order valence-electron chi connectivity index (χ4n) is 5.17. The number of rotatable bonds is 9. The summed E-state index contributed by atoms with van der Waals surface area (Å²) in [5.41, 5.74) is 3.65.